The lowest BCUT2D eigenvalue weighted by atomic mass is 10.1. The van der Waals surface area contributed by atoms with E-state index in [-0.39, 0.29) is 5.82 Å². The Morgan fingerprint density at radius 1 is 1.42 bits per heavy atom. The Kier molecular flexibility index (Phi) is 6.78. The highest BCUT2D eigenvalue weighted by molar-refractivity contribution is 5.42. The number of halogens is 1. The fourth-order valence-corrected chi connectivity index (χ4v) is 1.96. The van der Waals surface area contributed by atoms with Gasteiger partial charge < -0.3 is 10.2 Å². The molecule has 1 rings (SSSR count). The van der Waals surface area contributed by atoms with Crippen LogP contribution in [0.3, 0.4) is 0 Å². The molecule has 0 radical (unpaired) electrons. The molecule has 1 aromatic heterocycles. The second-order valence-corrected chi connectivity index (χ2v) is 5.18. The number of aromatic nitrogens is 1. The van der Waals surface area contributed by atoms with Crippen molar-refractivity contribution in [3.63, 3.8) is 0 Å². The Morgan fingerprint density at radius 2 is 2.16 bits per heavy atom. The molecule has 108 valence electrons. The highest BCUT2D eigenvalue weighted by Crippen LogP contribution is 2.19. The number of hydrogen-bond donors (Lipinski definition) is 1. The molecular weight excluding hydrogens is 241 g/mol. The van der Waals surface area contributed by atoms with E-state index in [0.717, 1.165) is 25.9 Å². The molecule has 1 atom stereocenters. The fourth-order valence-electron chi connectivity index (χ4n) is 1.96. The minimum Gasteiger partial charge on any atom is -0.357 e. The van der Waals surface area contributed by atoms with E-state index in [0.29, 0.717) is 23.8 Å². The predicted molar refractivity (Wildman–Crippen MR) is 78.9 cm³/mol. The van der Waals surface area contributed by atoms with Gasteiger partial charge in [0.1, 0.15) is 0 Å². The van der Waals surface area contributed by atoms with Crippen LogP contribution >= 0.6 is 0 Å². The Balaban J connectivity index is 2.75. The third-order valence-electron chi connectivity index (χ3n) is 3.34. The van der Waals surface area contributed by atoms with Crippen LogP contribution in [0.4, 0.5) is 10.2 Å². The zero-order chi connectivity index (χ0) is 14.3. The van der Waals surface area contributed by atoms with Gasteiger partial charge in [0.25, 0.3) is 0 Å². The third-order valence-corrected chi connectivity index (χ3v) is 3.34. The summed E-state index contributed by atoms with van der Waals surface area (Å²) in [7, 11) is 1.90. The summed E-state index contributed by atoms with van der Waals surface area (Å²) in [5.74, 6) is 0.793. The fraction of sp³-hybridized carbons (Fsp3) is 0.667. The van der Waals surface area contributed by atoms with E-state index in [9.17, 15) is 4.39 Å². The molecule has 0 bridgehead atoms. The molecule has 1 N–H and O–H groups in total. The lowest BCUT2D eigenvalue weighted by Crippen LogP contribution is -2.26. The van der Waals surface area contributed by atoms with Crippen molar-refractivity contribution in [2.75, 3.05) is 25.0 Å². The van der Waals surface area contributed by atoms with E-state index in [4.69, 9.17) is 0 Å². The molecule has 1 aromatic rings. The van der Waals surface area contributed by atoms with Gasteiger partial charge in [0.15, 0.2) is 11.6 Å². The quantitative estimate of drug-likeness (QED) is 0.733. The number of hydrogen-bond acceptors (Lipinski definition) is 3. The maximum atomic E-state index is 14.4. The Bertz CT molecular complexity index is 382. The molecule has 1 heterocycles. The van der Waals surface area contributed by atoms with Crippen molar-refractivity contribution < 1.29 is 4.39 Å². The smallest absolute Gasteiger partial charge is 0.170 e. The first kappa shape index (κ1) is 15.9. The third kappa shape index (κ3) is 4.78. The van der Waals surface area contributed by atoms with E-state index in [1.54, 1.807) is 12.3 Å². The molecule has 0 fully saturated rings. The van der Waals surface area contributed by atoms with Crippen LogP contribution in [0, 0.1) is 11.7 Å². The van der Waals surface area contributed by atoms with Gasteiger partial charge in [-0.15, -0.1) is 0 Å². The van der Waals surface area contributed by atoms with Crippen LogP contribution < -0.4 is 10.2 Å². The average Bonchev–Trinajstić information content (AvgIpc) is 2.40. The molecule has 4 heteroatoms. The Labute approximate surface area is 116 Å². The Hall–Kier alpha value is -1.16. The first-order chi connectivity index (χ1) is 9.10. The first-order valence-corrected chi connectivity index (χ1v) is 7.15. The van der Waals surface area contributed by atoms with Crippen LogP contribution in [0.15, 0.2) is 12.3 Å². The number of nitrogens with one attached hydrogen (secondary N) is 1. The molecule has 0 saturated carbocycles. The lowest BCUT2D eigenvalue weighted by molar-refractivity contribution is 0.539. The number of rotatable bonds is 8. The van der Waals surface area contributed by atoms with Crippen molar-refractivity contribution in [2.45, 2.75) is 40.2 Å². The van der Waals surface area contributed by atoms with Crippen LogP contribution in [-0.2, 0) is 6.54 Å². The maximum absolute atomic E-state index is 14.4. The van der Waals surface area contributed by atoms with Gasteiger partial charge in [-0.2, -0.15) is 0 Å². The molecule has 0 aliphatic heterocycles. The summed E-state index contributed by atoms with van der Waals surface area (Å²) in [5.41, 5.74) is 0.689. The topological polar surface area (TPSA) is 28.2 Å². The molecule has 1 unspecified atom stereocenters. The summed E-state index contributed by atoms with van der Waals surface area (Å²) >= 11 is 0. The summed E-state index contributed by atoms with van der Waals surface area (Å²) in [6, 6.07) is 1.75. The highest BCUT2D eigenvalue weighted by Gasteiger charge is 2.14. The lowest BCUT2D eigenvalue weighted by Gasteiger charge is -2.23. The van der Waals surface area contributed by atoms with Gasteiger partial charge in [-0.1, -0.05) is 27.2 Å². The zero-order valence-electron chi connectivity index (χ0n) is 12.5. The Morgan fingerprint density at radius 3 is 2.79 bits per heavy atom. The van der Waals surface area contributed by atoms with E-state index < -0.39 is 0 Å². The monoisotopic (exact) mass is 267 g/mol. The molecule has 0 aromatic carbocycles. The van der Waals surface area contributed by atoms with E-state index in [1.165, 1.54) is 0 Å². The largest absolute Gasteiger partial charge is 0.357 e. The molecule has 0 amide bonds. The van der Waals surface area contributed by atoms with Crippen molar-refractivity contribution in [2.24, 2.45) is 5.92 Å². The zero-order valence-corrected chi connectivity index (χ0v) is 12.5. The molecule has 0 aliphatic carbocycles. The van der Waals surface area contributed by atoms with Gasteiger partial charge in [0.2, 0.25) is 0 Å². The van der Waals surface area contributed by atoms with Gasteiger partial charge in [-0.25, -0.2) is 9.37 Å². The molecule has 19 heavy (non-hydrogen) atoms. The van der Waals surface area contributed by atoms with Crippen molar-refractivity contribution in [3.8, 4) is 0 Å². The summed E-state index contributed by atoms with van der Waals surface area (Å²) in [6.07, 6.45) is 3.83. The number of pyridine rings is 1. The van der Waals surface area contributed by atoms with Crippen molar-refractivity contribution in [1.29, 1.82) is 0 Å². The molecule has 3 nitrogen and oxygen atoms in total. The van der Waals surface area contributed by atoms with Crippen LogP contribution in [-0.4, -0.2) is 25.1 Å². The van der Waals surface area contributed by atoms with Crippen molar-refractivity contribution in [1.82, 2.24) is 10.3 Å². The van der Waals surface area contributed by atoms with E-state index in [2.05, 4.69) is 31.1 Å². The van der Waals surface area contributed by atoms with Gasteiger partial charge in [-0.05, 0) is 24.9 Å². The average molecular weight is 267 g/mol. The molecule has 0 saturated heterocycles. The van der Waals surface area contributed by atoms with Gasteiger partial charge in [0.05, 0.1) is 0 Å². The van der Waals surface area contributed by atoms with Crippen molar-refractivity contribution >= 4 is 5.82 Å². The molecule has 0 aliphatic rings. The summed E-state index contributed by atoms with van der Waals surface area (Å²) < 4.78 is 14.4. The van der Waals surface area contributed by atoms with Crippen LogP contribution in [0.1, 0.15) is 39.2 Å². The minimum atomic E-state index is -0.197. The van der Waals surface area contributed by atoms with E-state index in [1.807, 2.05) is 11.9 Å². The van der Waals surface area contributed by atoms with Gasteiger partial charge in [0, 0.05) is 31.9 Å². The van der Waals surface area contributed by atoms with Crippen LogP contribution in [0.5, 0.6) is 0 Å². The second-order valence-electron chi connectivity index (χ2n) is 5.18. The summed E-state index contributed by atoms with van der Waals surface area (Å²) in [6.45, 7) is 8.70. The summed E-state index contributed by atoms with van der Waals surface area (Å²) in [5, 5.41) is 3.22. The maximum Gasteiger partial charge on any atom is 0.170 e. The van der Waals surface area contributed by atoms with E-state index >= 15 is 0 Å². The number of nitrogens with zero attached hydrogens (tertiary/aromatic N) is 2. The summed E-state index contributed by atoms with van der Waals surface area (Å²) in [4.78, 5) is 6.09. The molecule has 0 spiro atoms. The highest BCUT2D eigenvalue weighted by atomic mass is 19.1. The standard InChI is InChI=1S/C15H26FN3/c1-5-8-17-10-13-7-9-18-15(14(13)16)19(4)11-12(3)6-2/h7,9,12,17H,5-6,8,10-11H2,1-4H3. The predicted octanol–water partition coefficient (Wildman–Crippen LogP) is 3.20. The normalized spacial score (nSPS) is 12.5. The first-order valence-electron chi connectivity index (χ1n) is 7.15. The SMILES string of the molecule is CCCNCc1ccnc(N(C)CC(C)CC)c1F. The minimum absolute atomic E-state index is 0.197. The van der Waals surface area contributed by atoms with Gasteiger partial charge >= 0.3 is 0 Å². The van der Waals surface area contributed by atoms with Crippen molar-refractivity contribution in [3.05, 3.63) is 23.6 Å². The van der Waals surface area contributed by atoms with Crippen LogP contribution in [0.25, 0.3) is 0 Å². The second kappa shape index (κ2) is 8.10. The molecular formula is C15H26FN3. The van der Waals surface area contributed by atoms with Crippen LogP contribution in [0.2, 0.25) is 0 Å². The van der Waals surface area contributed by atoms with Gasteiger partial charge in [-0.3, -0.25) is 0 Å². The number of anilines is 1.